The van der Waals surface area contributed by atoms with Crippen LogP contribution in [0, 0.1) is 0 Å². The summed E-state index contributed by atoms with van der Waals surface area (Å²) in [4.78, 5) is 11.9. The first-order valence-corrected chi connectivity index (χ1v) is 8.85. The number of halogens is 1. The second-order valence-electron chi connectivity index (χ2n) is 6.93. The van der Waals surface area contributed by atoms with Crippen LogP contribution in [-0.4, -0.2) is 37.5 Å². The van der Waals surface area contributed by atoms with E-state index >= 15 is 0 Å². The molecule has 0 fully saturated rings. The fourth-order valence-corrected chi connectivity index (χ4v) is 2.87. The molecule has 0 amide bonds. The largest absolute Gasteiger partial charge is 1.00 e. The van der Waals surface area contributed by atoms with Gasteiger partial charge in [0.05, 0.1) is 20.6 Å². The van der Waals surface area contributed by atoms with Crippen LogP contribution in [0.15, 0.2) is 0 Å². The van der Waals surface area contributed by atoms with E-state index in [-0.39, 0.29) is 12.4 Å². The minimum absolute atomic E-state index is 0. The Morgan fingerprint density at radius 1 is 0.762 bits per heavy atom. The number of quaternary nitrogens is 1. The van der Waals surface area contributed by atoms with Crippen molar-refractivity contribution in [2.45, 2.75) is 84.5 Å². The Labute approximate surface area is 139 Å². The van der Waals surface area contributed by atoms with Gasteiger partial charge in [-0.3, -0.25) is 4.79 Å². The van der Waals surface area contributed by atoms with E-state index in [0.717, 1.165) is 30.3 Å². The summed E-state index contributed by atoms with van der Waals surface area (Å²) < 4.78 is 0.854. The molecular weight excluding hydrogens is 282 g/mol. The first kappa shape index (κ1) is 23.2. The lowest BCUT2D eigenvalue weighted by Gasteiger charge is -2.28. The van der Waals surface area contributed by atoms with Gasteiger partial charge in [-0.2, -0.15) is 0 Å². The molecule has 2 nitrogen and oxygen atoms in total. The average molecular weight is 320 g/mol. The molecule has 0 bridgehead atoms. The highest BCUT2D eigenvalue weighted by Gasteiger charge is 2.18. The maximum atomic E-state index is 11.9. The predicted octanol–water partition coefficient (Wildman–Crippen LogP) is 1.97. The van der Waals surface area contributed by atoms with Gasteiger partial charge in [-0.15, -0.1) is 0 Å². The standard InChI is InChI=1S/C18H38NO.ClH/c1-5-7-8-9-10-11-12-13-14-15-18(20)17-19(3,4)16-6-2;/h5-17H2,1-4H3;1H/q+1;/p-1. The second kappa shape index (κ2) is 14.8. The topological polar surface area (TPSA) is 17.1 Å². The van der Waals surface area contributed by atoms with Gasteiger partial charge in [-0.05, 0) is 12.8 Å². The van der Waals surface area contributed by atoms with E-state index < -0.39 is 0 Å². The lowest BCUT2D eigenvalue weighted by atomic mass is 10.1. The quantitative estimate of drug-likeness (QED) is 0.353. The van der Waals surface area contributed by atoms with Gasteiger partial charge in [0.1, 0.15) is 6.54 Å². The zero-order valence-corrected chi connectivity index (χ0v) is 15.7. The van der Waals surface area contributed by atoms with E-state index in [1.54, 1.807) is 0 Å². The van der Waals surface area contributed by atoms with Crippen LogP contribution < -0.4 is 12.4 Å². The number of ketones is 1. The molecular formula is C18H38ClNO. The number of rotatable bonds is 14. The molecule has 0 aliphatic rings. The van der Waals surface area contributed by atoms with Crippen LogP contribution in [0.3, 0.4) is 0 Å². The molecule has 0 atom stereocenters. The first-order chi connectivity index (χ1) is 9.52. The average Bonchev–Trinajstić information content (AvgIpc) is 2.36. The molecule has 0 aromatic carbocycles. The third kappa shape index (κ3) is 16.1. The van der Waals surface area contributed by atoms with Crippen LogP contribution in [0.5, 0.6) is 0 Å². The van der Waals surface area contributed by atoms with Gasteiger partial charge in [0.15, 0.2) is 5.78 Å². The van der Waals surface area contributed by atoms with E-state index in [0.29, 0.717) is 12.3 Å². The lowest BCUT2D eigenvalue weighted by molar-refractivity contribution is -0.882. The molecule has 0 aromatic rings. The summed E-state index contributed by atoms with van der Waals surface area (Å²) in [5, 5.41) is 0. The number of hydrogen-bond donors (Lipinski definition) is 0. The van der Waals surface area contributed by atoms with E-state index in [2.05, 4.69) is 27.9 Å². The lowest BCUT2D eigenvalue weighted by Crippen LogP contribution is -3.00. The molecule has 0 radical (unpaired) electrons. The monoisotopic (exact) mass is 319 g/mol. The smallest absolute Gasteiger partial charge is 0.186 e. The zero-order valence-electron chi connectivity index (χ0n) is 14.9. The van der Waals surface area contributed by atoms with Crippen LogP contribution in [-0.2, 0) is 4.79 Å². The number of nitrogens with zero attached hydrogens (tertiary/aromatic N) is 1. The van der Waals surface area contributed by atoms with Crippen molar-refractivity contribution >= 4 is 5.78 Å². The Balaban J connectivity index is 0. The molecule has 3 heteroatoms. The molecule has 0 saturated heterocycles. The molecule has 0 heterocycles. The minimum Gasteiger partial charge on any atom is -1.00 e. The molecule has 0 N–H and O–H groups in total. The Bertz CT molecular complexity index is 241. The van der Waals surface area contributed by atoms with E-state index in [9.17, 15) is 4.79 Å². The van der Waals surface area contributed by atoms with Crippen molar-refractivity contribution in [3.05, 3.63) is 0 Å². The third-order valence-electron chi connectivity index (χ3n) is 3.99. The number of Topliss-reactive ketones (excluding diaryl/α,β-unsaturated/α-hetero) is 1. The molecule has 0 unspecified atom stereocenters. The predicted molar refractivity (Wildman–Crippen MR) is 89.0 cm³/mol. The van der Waals surface area contributed by atoms with E-state index in [4.69, 9.17) is 0 Å². The fraction of sp³-hybridized carbons (Fsp3) is 0.944. The van der Waals surface area contributed by atoms with Crippen molar-refractivity contribution in [2.24, 2.45) is 0 Å². The number of carbonyl (C=O) groups is 1. The molecule has 128 valence electrons. The number of likely N-dealkylation sites (N-methyl/N-ethyl adjacent to an activating group) is 1. The van der Waals surface area contributed by atoms with Crippen molar-refractivity contribution in [1.29, 1.82) is 0 Å². The molecule has 0 aliphatic heterocycles. The second-order valence-corrected chi connectivity index (χ2v) is 6.93. The van der Waals surface area contributed by atoms with Crippen LogP contribution in [0.25, 0.3) is 0 Å². The van der Waals surface area contributed by atoms with Gasteiger partial charge >= 0.3 is 0 Å². The number of unbranched alkanes of at least 4 members (excludes halogenated alkanes) is 8. The Kier molecular flexibility index (Phi) is 16.4. The maximum Gasteiger partial charge on any atom is 0.186 e. The summed E-state index contributed by atoms with van der Waals surface area (Å²) in [6, 6.07) is 0. The summed E-state index contributed by atoms with van der Waals surface area (Å²) in [5.74, 6) is 0.450. The molecule has 0 aliphatic carbocycles. The summed E-state index contributed by atoms with van der Waals surface area (Å²) >= 11 is 0. The van der Waals surface area contributed by atoms with Crippen LogP contribution in [0.2, 0.25) is 0 Å². The Morgan fingerprint density at radius 3 is 1.71 bits per heavy atom. The van der Waals surface area contributed by atoms with Gasteiger partial charge in [0, 0.05) is 6.42 Å². The molecule has 0 aromatic heterocycles. The summed E-state index contributed by atoms with van der Waals surface area (Å²) in [5.41, 5.74) is 0. The van der Waals surface area contributed by atoms with Gasteiger partial charge in [0.2, 0.25) is 0 Å². The van der Waals surface area contributed by atoms with Gasteiger partial charge in [-0.25, -0.2) is 0 Å². The number of carbonyl (C=O) groups excluding carboxylic acids is 1. The highest BCUT2D eigenvalue weighted by molar-refractivity contribution is 5.79. The van der Waals surface area contributed by atoms with Crippen LogP contribution in [0.1, 0.15) is 84.5 Å². The van der Waals surface area contributed by atoms with Crippen molar-refractivity contribution in [1.82, 2.24) is 0 Å². The molecule has 21 heavy (non-hydrogen) atoms. The highest BCUT2D eigenvalue weighted by atomic mass is 35.5. The number of hydrogen-bond acceptors (Lipinski definition) is 1. The Hall–Kier alpha value is -0.0800. The normalized spacial score (nSPS) is 11.2. The van der Waals surface area contributed by atoms with Crippen molar-refractivity contribution in [3.63, 3.8) is 0 Å². The highest BCUT2D eigenvalue weighted by Crippen LogP contribution is 2.11. The van der Waals surface area contributed by atoms with Crippen LogP contribution >= 0.6 is 0 Å². The molecule has 0 rings (SSSR count). The van der Waals surface area contributed by atoms with Gasteiger partial charge < -0.3 is 16.9 Å². The van der Waals surface area contributed by atoms with Crippen LogP contribution in [0.4, 0.5) is 0 Å². The van der Waals surface area contributed by atoms with E-state index in [1.807, 2.05) is 0 Å². The van der Waals surface area contributed by atoms with Crippen molar-refractivity contribution in [3.8, 4) is 0 Å². The van der Waals surface area contributed by atoms with Crippen molar-refractivity contribution < 1.29 is 21.7 Å². The SMILES string of the molecule is CCCCCCCCCCCC(=O)C[N+](C)(C)CCC.[Cl-]. The minimum atomic E-state index is 0. The Morgan fingerprint density at radius 2 is 1.24 bits per heavy atom. The molecule has 0 spiro atoms. The molecule has 0 saturated carbocycles. The van der Waals surface area contributed by atoms with Crippen molar-refractivity contribution in [2.75, 3.05) is 27.2 Å². The summed E-state index contributed by atoms with van der Waals surface area (Å²) in [6.07, 6.45) is 13.8. The zero-order chi connectivity index (χ0) is 15.3. The summed E-state index contributed by atoms with van der Waals surface area (Å²) in [6.45, 7) is 6.26. The fourth-order valence-electron chi connectivity index (χ4n) is 2.87. The van der Waals surface area contributed by atoms with Gasteiger partial charge in [0.25, 0.3) is 0 Å². The third-order valence-corrected chi connectivity index (χ3v) is 3.99. The van der Waals surface area contributed by atoms with Gasteiger partial charge in [-0.1, -0.05) is 65.2 Å². The maximum absolute atomic E-state index is 11.9. The van der Waals surface area contributed by atoms with E-state index in [1.165, 1.54) is 51.4 Å². The first-order valence-electron chi connectivity index (χ1n) is 8.85. The summed E-state index contributed by atoms with van der Waals surface area (Å²) in [7, 11) is 4.33.